The molecule has 2 unspecified atom stereocenters. The van der Waals surface area contributed by atoms with Crippen molar-refractivity contribution in [1.82, 2.24) is 10.2 Å². The zero-order valence-corrected chi connectivity index (χ0v) is 11.9. The number of aliphatic hydroxyl groups is 1. The molecule has 1 aromatic heterocycles. The van der Waals surface area contributed by atoms with E-state index in [4.69, 9.17) is 14.3 Å². The Morgan fingerprint density at radius 1 is 1.52 bits per heavy atom. The SMILES string of the molecule is CC1COC(CO)CN1C(=O)CCNC(=O)c1ccoc1. The molecule has 1 aromatic rings. The van der Waals surface area contributed by atoms with Crippen molar-refractivity contribution in [2.45, 2.75) is 25.5 Å². The van der Waals surface area contributed by atoms with E-state index in [1.807, 2.05) is 6.92 Å². The molecule has 0 aliphatic carbocycles. The lowest BCUT2D eigenvalue weighted by molar-refractivity contribution is -0.146. The summed E-state index contributed by atoms with van der Waals surface area (Å²) in [6.07, 6.45) is 2.66. The number of nitrogens with zero attached hydrogens (tertiary/aromatic N) is 1. The van der Waals surface area contributed by atoms with E-state index in [-0.39, 0.29) is 43.5 Å². The number of carbonyl (C=O) groups is 2. The van der Waals surface area contributed by atoms with Crippen LogP contribution in [0.15, 0.2) is 23.0 Å². The van der Waals surface area contributed by atoms with Crippen molar-refractivity contribution in [2.75, 3.05) is 26.3 Å². The molecule has 1 aliphatic rings. The van der Waals surface area contributed by atoms with Crippen molar-refractivity contribution in [3.8, 4) is 0 Å². The minimum atomic E-state index is -0.328. The van der Waals surface area contributed by atoms with Crippen molar-refractivity contribution in [3.05, 3.63) is 24.2 Å². The van der Waals surface area contributed by atoms with E-state index in [0.717, 1.165) is 0 Å². The first-order chi connectivity index (χ1) is 10.1. The maximum Gasteiger partial charge on any atom is 0.254 e. The van der Waals surface area contributed by atoms with Crippen LogP contribution in [0, 0.1) is 0 Å². The van der Waals surface area contributed by atoms with Gasteiger partial charge in [0.2, 0.25) is 5.91 Å². The van der Waals surface area contributed by atoms with Crippen LogP contribution in [0.4, 0.5) is 0 Å². The van der Waals surface area contributed by atoms with Gasteiger partial charge in [0.1, 0.15) is 6.26 Å². The van der Waals surface area contributed by atoms with Crippen LogP contribution in [0.5, 0.6) is 0 Å². The molecule has 0 bridgehead atoms. The van der Waals surface area contributed by atoms with Crippen molar-refractivity contribution in [1.29, 1.82) is 0 Å². The minimum Gasteiger partial charge on any atom is -0.472 e. The lowest BCUT2D eigenvalue weighted by Crippen LogP contribution is -2.52. The third kappa shape index (κ3) is 4.05. The summed E-state index contributed by atoms with van der Waals surface area (Å²) in [5.41, 5.74) is 0.433. The average molecular weight is 296 g/mol. The van der Waals surface area contributed by atoms with Crippen LogP contribution < -0.4 is 5.32 Å². The van der Waals surface area contributed by atoms with E-state index < -0.39 is 0 Å². The van der Waals surface area contributed by atoms with Gasteiger partial charge in [0.25, 0.3) is 5.91 Å². The number of furan rings is 1. The third-order valence-electron chi connectivity index (χ3n) is 3.44. The van der Waals surface area contributed by atoms with Crippen LogP contribution in [0.3, 0.4) is 0 Å². The second-order valence-electron chi connectivity index (χ2n) is 5.05. The third-order valence-corrected chi connectivity index (χ3v) is 3.44. The van der Waals surface area contributed by atoms with E-state index in [1.54, 1.807) is 11.0 Å². The van der Waals surface area contributed by atoms with Gasteiger partial charge in [-0.1, -0.05) is 0 Å². The van der Waals surface area contributed by atoms with Gasteiger partial charge in [-0.25, -0.2) is 0 Å². The molecule has 7 nitrogen and oxygen atoms in total. The van der Waals surface area contributed by atoms with E-state index >= 15 is 0 Å². The molecule has 0 saturated carbocycles. The summed E-state index contributed by atoms with van der Waals surface area (Å²) >= 11 is 0. The molecule has 1 saturated heterocycles. The largest absolute Gasteiger partial charge is 0.472 e. The Hall–Kier alpha value is -1.86. The molecule has 1 aliphatic heterocycles. The molecule has 2 rings (SSSR count). The summed E-state index contributed by atoms with van der Waals surface area (Å²) < 4.78 is 10.2. The van der Waals surface area contributed by atoms with Crippen molar-refractivity contribution < 1.29 is 23.8 Å². The molecule has 2 N–H and O–H groups in total. The normalized spacial score (nSPS) is 22.1. The van der Waals surface area contributed by atoms with Crippen LogP contribution in [0.1, 0.15) is 23.7 Å². The molecule has 1 fully saturated rings. The Balaban J connectivity index is 1.77. The topological polar surface area (TPSA) is 92.0 Å². The van der Waals surface area contributed by atoms with Gasteiger partial charge < -0.3 is 24.5 Å². The van der Waals surface area contributed by atoms with Gasteiger partial charge in [0.05, 0.1) is 37.2 Å². The second kappa shape index (κ2) is 7.24. The number of ether oxygens (including phenoxy) is 1. The maximum atomic E-state index is 12.2. The highest BCUT2D eigenvalue weighted by atomic mass is 16.5. The van der Waals surface area contributed by atoms with Gasteiger partial charge in [-0.05, 0) is 13.0 Å². The van der Waals surface area contributed by atoms with E-state index in [9.17, 15) is 9.59 Å². The standard InChI is InChI=1S/C14H20N2O5/c1-10-8-21-12(7-17)6-16(10)13(18)2-4-15-14(19)11-3-5-20-9-11/h3,5,9-10,12,17H,2,4,6-8H2,1H3,(H,15,19). The summed E-state index contributed by atoms with van der Waals surface area (Å²) in [7, 11) is 0. The molecule has 2 amide bonds. The quantitative estimate of drug-likeness (QED) is 0.798. The maximum absolute atomic E-state index is 12.2. The summed E-state index contributed by atoms with van der Waals surface area (Å²) in [4.78, 5) is 25.5. The van der Waals surface area contributed by atoms with E-state index in [2.05, 4.69) is 5.32 Å². The predicted octanol–water partition coefficient (Wildman–Crippen LogP) is 0.00770. The molecule has 0 aromatic carbocycles. The minimum absolute atomic E-state index is 0.0233. The summed E-state index contributed by atoms with van der Waals surface area (Å²) in [6, 6.07) is 1.54. The fourth-order valence-corrected chi connectivity index (χ4v) is 2.20. The highest BCUT2D eigenvalue weighted by molar-refractivity contribution is 5.94. The first-order valence-electron chi connectivity index (χ1n) is 6.94. The zero-order valence-electron chi connectivity index (χ0n) is 11.9. The highest BCUT2D eigenvalue weighted by Crippen LogP contribution is 2.12. The van der Waals surface area contributed by atoms with Gasteiger partial charge in [-0.3, -0.25) is 9.59 Å². The molecule has 0 radical (unpaired) electrons. The number of hydrogen-bond acceptors (Lipinski definition) is 5. The molecular weight excluding hydrogens is 276 g/mol. The lowest BCUT2D eigenvalue weighted by Gasteiger charge is -2.37. The predicted molar refractivity (Wildman–Crippen MR) is 73.7 cm³/mol. The second-order valence-corrected chi connectivity index (χ2v) is 5.05. The first kappa shape index (κ1) is 15.5. The summed E-state index contributed by atoms with van der Waals surface area (Å²) in [5.74, 6) is -0.323. The van der Waals surface area contributed by atoms with Crippen LogP contribution in [0.2, 0.25) is 0 Å². The molecular formula is C14H20N2O5. The van der Waals surface area contributed by atoms with Crippen LogP contribution in [0.25, 0.3) is 0 Å². The Morgan fingerprint density at radius 3 is 3.00 bits per heavy atom. The number of aliphatic hydroxyl groups excluding tert-OH is 1. The summed E-state index contributed by atoms with van der Waals surface area (Å²) in [5, 5.41) is 11.8. The van der Waals surface area contributed by atoms with Crippen LogP contribution >= 0.6 is 0 Å². The molecule has 2 heterocycles. The Labute approximate surface area is 122 Å². The Bertz CT molecular complexity index is 474. The number of carbonyl (C=O) groups excluding carboxylic acids is 2. The number of nitrogens with one attached hydrogen (secondary N) is 1. The first-order valence-corrected chi connectivity index (χ1v) is 6.94. The van der Waals surface area contributed by atoms with E-state index in [0.29, 0.717) is 18.7 Å². The van der Waals surface area contributed by atoms with Gasteiger partial charge in [0.15, 0.2) is 0 Å². The van der Waals surface area contributed by atoms with Gasteiger partial charge in [-0.2, -0.15) is 0 Å². The van der Waals surface area contributed by atoms with Crippen LogP contribution in [-0.4, -0.2) is 60.3 Å². The Kier molecular flexibility index (Phi) is 5.35. The van der Waals surface area contributed by atoms with Gasteiger partial charge in [0, 0.05) is 19.5 Å². The molecule has 2 atom stereocenters. The van der Waals surface area contributed by atoms with Crippen molar-refractivity contribution >= 4 is 11.8 Å². The van der Waals surface area contributed by atoms with Gasteiger partial charge in [-0.15, -0.1) is 0 Å². The molecule has 0 spiro atoms. The fraction of sp³-hybridized carbons (Fsp3) is 0.571. The molecule has 21 heavy (non-hydrogen) atoms. The van der Waals surface area contributed by atoms with Gasteiger partial charge >= 0.3 is 0 Å². The molecule has 7 heteroatoms. The van der Waals surface area contributed by atoms with E-state index in [1.165, 1.54) is 12.5 Å². The van der Waals surface area contributed by atoms with Crippen molar-refractivity contribution in [2.24, 2.45) is 0 Å². The van der Waals surface area contributed by atoms with Crippen LogP contribution in [-0.2, 0) is 9.53 Å². The van der Waals surface area contributed by atoms with Crippen molar-refractivity contribution in [3.63, 3.8) is 0 Å². The smallest absolute Gasteiger partial charge is 0.254 e. The summed E-state index contributed by atoms with van der Waals surface area (Å²) in [6.45, 7) is 2.85. The zero-order chi connectivity index (χ0) is 15.2. The number of morpholine rings is 1. The lowest BCUT2D eigenvalue weighted by atomic mass is 10.2. The molecule has 116 valence electrons. The number of rotatable bonds is 5. The Morgan fingerprint density at radius 2 is 2.33 bits per heavy atom. The highest BCUT2D eigenvalue weighted by Gasteiger charge is 2.28. The monoisotopic (exact) mass is 296 g/mol. The average Bonchev–Trinajstić information content (AvgIpc) is 3.01. The fourth-order valence-electron chi connectivity index (χ4n) is 2.20. The number of amides is 2. The number of hydrogen-bond donors (Lipinski definition) is 2.